The Kier molecular flexibility index (Phi) is 6.10. The van der Waals surface area contributed by atoms with E-state index in [-0.39, 0.29) is 11.5 Å². The van der Waals surface area contributed by atoms with Gasteiger partial charge in [-0.25, -0.2) is 4.98 Å². The first-order chi connectivity index (χ1) is 11.1. The van der Waals surface area contributed by atoms with E-state index in [1.165, 1.54) is 13.2 Å². The number of halogens is 2. The van der Waals surface area contributed by atoms with Crippen LogP contribution in [-0.4, -0.2) is 25.8 Å². The molecule has 0 spiro atoms. The zero-order valence-electron chi connectivity index (χ0n) is 12.9. The zero-order chi connectivity index (χ0) is 16.7. The van der Waals surface area contributed by atoms with Gasteiger partial charge >= 0.3 is 6.61 Å². The smallest absolute Gasteiger partial charge is 0.387 e. The Morgan fingerprint density at radius 1 is 1.00 bits per heavy atom. The van der Waals surface area contributed by atoms with Crippen LogP contribution in [0, 0.1) is 0 Å². The number of pyridine rings is 1. The van der Waals surface area contributed by atoms with Crippen LogP contribution in [0.5, 0.6) is 17.4 Å². The summed E-state index contributed by atoms with van der Waals surface area (Å²) in [6.45, 7) is -1.80. The van der Waals surface area contributed by atoms with Crippen molar-refractivity contribution in [2.45, 2.75) is 19.7 Å². The van der Waals surface area contributed by atoms with Gasteiger partial charge < -0.3 is 19.5 Å². The van der Waals surface area contributed by atoms with Gasteiger partial charge in [-0.15, -0.1) is 0 Å². The molecule has 23 heavy (non-hydrogen) atoms. The van der Waals surface area contributed by atoms with Gasteiger partial charge in [0, 0.05) is 25.4 Å². The molecule has 0 saturated carbocycles. The fourth-order valence-electron chi connectivity index (χ4n) is 2.01. The third kappa shape index (κ3) is 5.07. The number of alkyl halides is 2. The minimum Gasteiger partial charge on any atom is -0.493 e. The molecule has 0 amide bonds. The minimum atomic E-state index is -2.89. The second-order valence-corrected chi connectivity index (χ2v) is 4.68. The maximum Gasteiger partial charge on any atom is 0.387 e. The van der Waals surface area contributed by atoms with E-state index in [4.69, 9.17) is 9.47 Å². The number of methoxy groups -OCH3 is 2. The van der Waals surface area contributed by atoms with Gasteiger partial charge in [-0.05, 0) is 23.3 Å². The summed E-state index contributed by atoms with van der Waals surface area (Å²) in [6.07, 6.45) is 1.71. The van der Waals surface area contributed by atoms with Crippen LogP contribution >= 0.6 is 0 Å². The van der Waals surface area contributed by atoms with Gasteiger partial charge in [-0.3, -0.25) is 0 Å². The minimum absolute atomic E-state index is 0.0212. The highest BCUT2D eigenvalue weighted by Gasteiger charge is 2.11. The van der Waals surface area contributed by atoms with E-state index in [9.17, 15) is 8.78 Å². The van der Waals surface area contributed by atoms with Gasteiger partial charge in [0.1, 0.15) is 0 Å². The molecular formula is C16H18F2N2O3. The van der Waals surface area contributed by atoms with Gasteiger partial charge in [0.25, 0.3) is 0 Å². The summed E-state index contributed by atoms with van der Waals surface area (Å²) in [5, 5.41) is 3.21. The molecule has 0 aliphatic carbocycles. The molecule has 1 heterocycles. The standard InChI is InChI=1S/C16H18F2N2O3/c1-21-13-5-3-11(7-14(13)23-16(17)18)8-19-9-12-4-6-15(22-2)20-10-12/h3-7,10,16,19H,8-9H2,1-2H3. The van der Waals surface area contributed by atoms with E-state index in [2.05, 4.69) is 15.0 Å². The van der Waals surface area contributed by atoms with Gasteiger partial charge in [0.2, 0.25) is 5.88 Å². The first-order valence-corrected chi connectivity index (χ1v) is 6.93. The van der Waals surface area contributed by atoms with Crippen LogP contribution in [0.3, 0.4) is 0 Å². The lowest BCUT2D eigenvalue weighted by molar-refractivity contribution is -0.0512. The van der Waals surface area contributed by atoms with Crippen LogP contribution in [0.1, 0.15) is 11.1 Å². The molecule has 1 aromatic heterocycles. The third-order valence-corrected chi connectivity index (χ3v) is 3.11. The van der Waals surface area contributed by atoms with Gasteiger partial charge in [0.15, 0.2) is 11.5 Å². The van der Waals surface area contributed by atoms with Crippen molar-refractivity contribution in [3.8, 4) is 17.4 Å². The fourth-order valence-corrected chi connectivity index (χ4v) is 2.01. The van der Waals surface area contributed by atoms with Crippen LogP contribution in [0.2, 0.25) is 0 Å². The first-order valence-electron chi connectivity index (χ1n) is 6.93. The molecule has 0 aliphatic rings. The highest BCUT2D eigenvalue weighted by Crippen LogP contribution is 2.29. The maximum absolute atomic E-state index is 12.4. The second kappa shape index (κ2) is 8.28. The monoisotopic (exact) mass is 324 g/mol. The summed E-state index contributed by atoms with van der Waals surface area (Å²) < 4.78 is 39.2. The SMILES string of the molecule is COc1ccc(CNCc2ccc(OC)c(OC(F)F)c2)cn1. The summed E-state index contributed by atoms with van der Waals surface area (Å²) in [5.74, 6) is 0.846. The number of hydrogen-bond acceptors (Lipinski definition) is 5. The Bertz CT molecular complexity index is 621. The average molecular weight is 324 g/mol. The highest BCUT2D eigenvalue weighted by molar-refractivity contribution is 5.43. The molecule has 0 bridgehead atoms. The number of benzene rings is 1. The molecule has 5 nitrogen and oxygen atoms in total. The number of nitrogens with one attached hydrogen (secondary N) is 1. The molecule has 7 heteroatoms. The lowest BCUT2D eigenvalue weighted by Gasteiger charge is -2.12. The van der Waals surface area contributed by atoms with Gasteiger partial charge in [0.05, 0.1) is 14.2 Å². The highest BCUT2D eigenvalue weighted by atomic mass is 19.3. The lowest BCUT2D eigenvalue weighted by atomic mass is 10.2. The Morgan fingerprint density at radius 2 is 1.74 bits per heavy atom. The topological polar surface area (TPSA) is 52.6 Å². The number of nitrogens with zero attached hydrogens (tertiary/aromatic N) is 1. The third-order valence-electron chi connectivity index (χ3n) is 3.11. The van der Waals surface area contributed by atoms with E-state index in [1.807, 2.05) is 6.07 Å². The van der Waals surface area contributed by atoms with Crippen molar-refractivity contribution < 1.29 is 23.0 Å². The molecule has 0 saturated heterocycles. The number of hydrogen-bond donors (Lipinski definition) is 1. The normalized spacial score (nSPS) is 10.7. The average Bonchev–Trinajstić information content (AvgIpc) is 2.55. The summed E-state index contributed by atoms with van der Waals surface area (Å²) >= 11 is 0. The quantitative estimate of drug-likeness (QED) is 0.809. The van der Waals surface area contributed by atoms with Crippen LogP contribution in [0.15, 0.2) is 36.5 Å². The first kappa shape index (κ1) is 17.0. The molecule has 124 valence electrons. The maximum atomic E-state index is 12.4. The van der Waals surface area contributed by atoms with Crippen LogP contribution in [0.4, 0.5) is 8.78 Å². The summed E-state index contributed by atoms with van der Waals surface area (Å²) in [4.78, 5) is 4.11. The molecular weight excluding hydrogens is 306 g/mol. The Hall–Kier alpha value is -2.41. The predicted octanol–water partition coefficient (Wildman–Crippen LogP) is 2.99. The fraction of sp³-hybridized carbons (Fsp3) is 0.312. The molecule has 2 rings (SSSR count). The largest absolute Gasteiger partial charge is 0.493 e. The molecule has 1 aromatic carbocycles. The predicted molar refractivity (Wildman–Crippen MR) is 81.0 cm³/mol. The summed E-state index contributed by atoms with van der Waals surface area (Å²) in [5.41, 5.74) is 1.80. The Balaban J connectivity index is 1.94. The van der Waals surface area contributed by atoms with Crippen LogP contribution < -0.4 is 19.5 Å². The molecule has 0 aliphatic heterocycles. The van der Waals surface area contributed by atoms with E-state index in [0.717, 1.165) is 11.1 Å². The van der Waals surface area contributed by atoms with Crippen molar-refractivity contribution in [2.75, 3.05) is 14.2 Å². The van der Waals surface area contributed by atoms with Crippen LogP contribution in [-0.2, 0) is 13.1 Å². The van der Waals surface area contributed by atoms with Crippen molar-refractivity contribution in [3.05, 3.63) is 47.7 Å². The second-order valence-electron chi connectivity index (χ2n) is 4.68. The van der Waals surface area contributed by atoms with E-state index < -0.39 is 6.61 Å². The van der Waals surface area contributed by atoms with Crippen molar-refractivity contribution in [2.24, 2.45) is 0 Å². The van der Waals surface area contributed by atoms with E-state index >= 15 is 0 Å². The molecule has 2 aromatic rings. The summed E-state index contributed by atoms with van der Waals surface area (Å²) in [7, 11) is 2.96. The Morgan fingerprint density at radius 3 is 2.35 bits per heavy atom. The van der Waals surface area contributed by atoms with Crippen molar-refractivity contribution in [1.82, 2.24) is 10.3 Å². The van der Waals surface area contributed by atoms with Crippen LogP contribution in [0.25, 0.3) is 0 Å². The van der Waals surface area contributed by atoms with Crippen molar-refractivity contribution >= 4 is 0 Å². The molecule has 0 unspecified atom stereocenters. The Labute approximate surface area is 133 Å². The molecule has 0 atom stereocenters. The molecule has 1 N–H and O–H groups in total. The van der Waals surface area contributed by atoms with E-state index in [0.29, 0.717) is 19.0 Å². The number of ether oxygens (including phenoxy) is 3. The number of rotatable bonds is 8. The zero-order valence-corrected chi connectivity index (χ0v) is 12.9. The molecule has 0 radical (unpaired) electrons. The van der Waals surface area contributed by atoms with Crippen molar-refractivity contribution in [3.63, 3.8) is 0 Å². The summed E-state index contributed by atoms with van der Waals surface area (Å²) in [6, 6.07) is 8.60. The lowest BCUT2D eigenvalue weighted by Crippen LogP contribution is -2.13. The van der Waals surface area contributed by atoms with Crippen molar-refractivity contribution in [1.29, 1.82) is 0 Å². The molecule has 0 fully saturated rings. The van der Waals surface area contributed by atoms with Gasteiger partial charge in [-0.1, -0.05) is 12.1 Å². The number of aromatic nitrogens is 1. The van der Waals surface area contributed by atoms with E-state index in [1.54, 1.807) is 31.5 Å². The van der Waals surface area contributed by atoms with Gasteiger partial charge in [-0.2, -0.15) is 8.78 Å².